The highest BCUT2D eigenvalue weighted by molar-refractivity contribution is 8.00. The Morgan fingerprint density at radius 2 is 2.06 bits per heavy atom. The van der Waals surface area contributed by atoms with Crippen LogP contribution in [0.2, 0.25) is 0 Å². The van der Waals surface area contributed by atoms with Gasteiger partial charge in [0, 0.05) is 20.1 Å². The van der Waals surface area contributed by atoms with E-state index in [1.807, 2.05) is 20.0 Å². The van der Waals surface area contributed by atoms with E-state index in [4.69, 9.17) is 4.74 Å². The average Bonchev–Trinajstić information content (AvgIpc) is 3.38. The number of nitrogens with zero attached hydrogens (tertiary/aromatic N) is 6. The van der Waals surface area contributed by atoms with Crippen molar-refractivity contribution in [3.05, 3.63) is 40.7 Å². The van der Waals surface area contributed by atoms with E-state index in [2.05, 4.69) is 48.7 Å². The van der Waals surface area contributed by atoms with Crippen molar-refractivity contribution in [3.63, 3.8) is 0 Å². The summed E-state index contributed by atoms with van der Waals surface area (Å²) >= 11 is 3.20. The summed E-state index contributed by atoms with van der Waals surface area (Å²) in [6, 6.07) is 8.50. The second-order valence-electron chi connectivity index (χ2n) is 7.96. The number of likely N-dealkylation sites (tertiary alicyclic amines) is 1. The van der Waals surface area contributed by atoms with E-state index in [-0.39, 0.29) is 0 Å². The molecule has 0 atom stereocenters. The van der Waals surface area contributed by atoms with Crippen molar-refractivity contribution in [3.8, 4) is 5.75 Å². The SMILES string of the molecule is Cc1nnc(SCc2nc(NCCCOc3cccc(CN4CCCCC4)c3)n(C)n2)s1. The van der Waals surface area contributed by atoms with Crippen molar-refractivity contribution in [1.82, 2.24) is 29.9 Å². The molecule has 0 spiro atoms. The van der Waals surface area contributed by atoms with E-state index in [9.17, 15) is 0 Å². The number of nitrogens with one attached hydrogen (secondary N) is 1. The molecular formula is C22H31N7OS2. The van der Waals surface area contributed by atoms with E-state index in [1.165, 1.54) is 37.9 Å². The first kappa shape index (κ1) is 23.0. The quantitative estimate of drug-likeness (QED) is 0.329. The number of anilines is 1. The van der Waals surface area contributed by atoms with Gasteiger partial charge in [-0.3, -0.25) is 4.90 Å². The lowest BCUT2D eigenvalue weighted by Crippen LogP contribution is -2.29. The molecule has 0 amide bonds. The van der Waals surface area contributed by atoms with Gasteiger partial charge in [-0.2, -0.15) is 10.1 Å². The lowest BCUT2D eigenvalue weighted by atomic mass is 10.1. The molecule has 1 N–H and O–H groups in total. The van der Waals surface area contributed by atoms with Crippen LogP contribution >= 0.6 is 23.1 Å². The molecule has 2 aromatic heterocycles. The smallest absolute Gasteiger partial charge is 0.221 e. The molecule has 1 aromatic carbocycles. The minimum Gasteiger partial charge on any atom is -0.494 e. The largest absolute Gasteiger partial charge is 0.494 e. The van der Waals surface area contributed by atoms with Crippen LogP contribution in [0.25, 0.3) is 0 Å². The fourth-order valence-corrected chi connectivity index (χ4v) is 5.35. The van der Waals surface area contributed by atoms with Gasteiger partial charge >= 0.3 is 0 Å². The zero-order valence-corrected chi connectivity index (χ0v) is 20.4. The third kappa shape index (κ3) is 6.91. The van der Waals surface area contributed by atoms with Crippen LogP contribution in [0.4, 0.5) is 5.95 Å². The predicted molar refractivity (Wildman–Crippen MR) is 129 cm³/mol. The van der Waals surface area contributed by atoms with Crippen molar-refractivity contribution < 1.29 is 4.74 Å². The monoisotopic (exact) mass is 473 g/mol. The normalized spacial score (nSPS) is 14.6. The van der Waals surface area contributed by atoms with E-state index < -0.39 is 0 Å². The molecule has 1 aliphatic rings. The lowest BCUT2D eigenvalue weighted by Gasteiger charge is -2.26. The molecular weight excluding hydrogens is 442 g/mol. The van der Waals surface area contributed by atoms with E-state index in [1.54, 1.807) is 27.8 Å². The number of benzene rings is 1. The molecule has 3 aromatic rings. The highest BCUT2D eigenvalue weighted by Gasteiger charge is 2.11. The number of aryl methyl sites for hydroxylation is 2. The van der Waals surface area contributed by atoms with Crippen LogP contribution < -0.4 is 10.1 Å². The second kappa shape index (κ2) is 11.6. The summed E-state index contributed by atoms with van der Waals surface area (Å²) < 4.78 is 8.71. The highest BCUT2D eigenvalue weighted by atomic mass is 32.2. The Balaban J connectivity index is 1.16. The Kier molecular flexibility index (Phi) is 8.36. The van der Waals surface area contributed by atoms with Crippen LogP contribution in [-0.4, -0.2) is 56.1 Å². The zero-order chi connectivity index (χ0) is 22.2. The molecule has 8 nitrogen and oxygen atoms in total. The molecule has 32 heavy (non-hydrogen) atoms. The molecule has 172 valence electrons. The molecule has 0 radical (unpaired) electrons. The van der Waals surface area contributed by atoms with Crippen molar-refractivity contribution in [2.45, 2.75) is 49.2 Å². The molecule has 1 fully saturated rings. The van der Waals surface area contributed by atoms with Crippen LogP contribution in [0.1, 0.15) is 42.1 Å². The Hall–Kier alpha value is -2.17. The molecule has 3 heterocycles. The Bertz CT molecular complexity index is 984. The van der Waals surface area contributed by atoms with Gasteiger partial charge in [-0.15, -0.1) is 10.2 Å². The van der Waals surface area contributed by atoms with Gasteiger partial charge in [-0.05, 0) is 57.0 Å². The van der Waals surface area contributed by atoms with Gasteiger partial charge in [0.15, 0.2) is 10.2 Å². The number of aromatic nitrogens is 5. The van der Waals surface area contributed by atoms with Crippen molar-refractivity contribution in [2.75, 3.05) is 31.6 Å². The molecule has 4 rings (SSSR count). The maximum atomic E-state index is 5.98. The standard InChI is InChI=1S/C22H31N7OS2/c1-17-25-26-22(32-17)31-16-20-24-21(28(2)27-20)23-10-7-13-30-19-9-6-8-18(14-19)15-29-11-4-3-5-12-29/h6,8-9,14H,3-5,7,10-13,15-16H2,1-2H3,(H,23,24,27). The van der Waals surface area contributed by atoms with Gasteiger partial charge in [-0.1, -0.05) is 41.7 Å². The van der Waals surface area contributed by atoms with Crippen LogP contribution in [-0.2, 0) is 19.3 Å². The minimum absolute atomic E-state index is 0.664. The van der Waals surface area contributed by atoms with Gasteiger partial charge in [0.05, 0.1) is 12.4 Å². The van der Waals surface area contributed by atoms with Crippen LogP contribution in [0.15, 0.2) is 28.6 Å². The molecule has 10 heteroatoms. The summed E-state index contributed by atoms with van der Waals surface area (Å²) in [5, 5.41) is 17.0. The maximum absolute atomic E-state index is 5.98. The van der Waals surface area contributed by atoms with Crippen LogP contribution in [0, 0.1) is 6.92 Å². The summed E-state index contributed by atoms with van der Waals surface area (Å²) in [5.41, 5.74) is 1.33. The van der Waals surface area contributed by atoms with Crippen LogP contribution in [0.3, 0.4) is 0 Å². The Morgan fingerprint density at radius 1 is 1.19 bits per heavy atom. The number of ether oxygens (including phenoxy) is 1. The number of thioether (sulfide) groups is 1. The van der Waals surface area contributed by atoms with Gasteiger partial charge in [0.1, 0.15) is 10.8 Å². The molecule has 0 bridgehead atoms. The summed E-state index contributed by atoms with van der Waals surface area (Å²) in [4.78, 5) is 7.12. The number of hydrogen-bond donors (Lipinski definition) is 1. The zero-order valence-electron chi connectivity index (χ0n) is 18.8. The van der Waals surface area contributed by atoms with Gasteiger partial charge in [-0.25, -0.2) is 4.68 Å². The fourth-order valence-electron chi connectivity index (χ4n) is 3.69. The lowest BCUT2D eigenvalue weighted by molar-refractivity contribution is 0.220. The fraction of sp³-hybridized carbons (Fsp3) is 0.545. The maximum Gasteiger partial charge on any atom is 0.221 e. The third-order valence-corrected chi connectivity index (χ3v) is 7.23. The average molecular weight is 474 g/mol. The first-order valence-corrected chi connectivity index (χ1v) is 13.0. The molecule has 1 aliphatic heterocycles. The molecule has 0 aliphatic carbocycles. The van der Waals surface area contributed by atoms with Gasteiger partial charge < -0.3 is 10.1 Å². The van der Waals surface area contributed by atoms with E-state index >= 15 is 0 Å². The summed E-state index contributed by atoms with van der Waals surface area (Å²) in [6.07, 6.45) is 4.89. The van der Waals surface area contributed by atoms with Crippen LogP contribution in [0.5, 0.6) is 5.75 Å². The van der Waals surface area contributed by atoms with Crippen molar-refractivity contribution in [1.29, 1.82) is 0 Å². The summed E-state index contributed by atoms with van der Waals surface area (Å²) in [5.74, 6) is 3.19. The van der Waals surface area contributed by atoms with Crippen molar-refractivity contribution >= 4 is 29.0 Å². The Labute approximate surface area is 197 Å². The molecule has 0 saturated carbocycles. The topological polar surface area (TPSA) is 81.0 Å². The van der Waals surface area contributed by atoms with E-state index in [0.29, 0.717) is 12.4 Å². The summed E-state index contributed by atoms with van der Waals surface area (Å²) in [7, 11) is 1.91. The Morgan fingerprint density at radius 3 is 2.88 bits per heavy atom. The van der Waals surface area contributed by atoms with Gasteiger partial charge in [0.2, 0.25) is 5.95 Å². The second-order valence-corrected chi connectivity index (χ2v) is 10.4. The van der Waals surface area contributed by atoms with E-state index in [0.717, 1.165) is 46.4 Å². The summed E-state index contributed by atoms with van der Waals surface area (Å²) in [6.45, 7) is 6.84. The number of hydrogen-bond acceptors (Lipinski definition) is 9. The third-order valence-electron chi connectivity index (χ3n) is 5.27. The molecule has 1 saturated heterocycles. The van der Waals surface area contributed by atoms with Crippen molar-refractivity contribution in [2.24, 2.45) is 7.05 Å². The number of piperidine rings is 1. The van der Waals surface area contributed by atoms with Gasteiger partial charge in [0.25, 0.3) is 0 Å². The highest BCUT2D eigenvalue weighted by Crippen LogP contribution is 2.25. The first-order valence-electron chi connectivity index (χ1n) is 11.2. The number of rotatable bonds is 11. The minimum atomic E-state index is 0.664. The predicted octanol–water partition coefficient (Wildman–Crippen LogP) is 4.13. The first-order chi connectivity index (χ1) is 15.7. The molecule has 0 unspecified atom stereocenters.